The normalized spacial score (nSPS) is 18.0. The zero-order valence-corrected chi connectivity index (χ0v) is 16.5. The highest BCUT2D eigenvalue weighted by molar-refractivity contribution is 7.89. The van der Waals surface area contributed by atoms with Crippen LogP contribution < -0.4 is 4.72 Å². The zero-order chi connectivity index (χ0) is 19.6. The van der Waals surface area contributed by atoms with Crippen molar-refractivity contribution < 1.29 is 13.2 Å². The van der Waals surface area contributed by atoms with E-state index >= 15 is 0 Å². The van der Waals surface area contributed by atoms with Crippen LogP contribution in [0, 0.1) is 6.92 Å². The Kier molecular flexibility index (Phi) is 5.06. The number of nitrogens with one attached hydrogen (secondary N) is 1. The van der Waals surface area contributed by atoms with Crippen LogP contribution >= 0.6 is 0 Å². The number of hydrogen-bond acceptors (Lipinski definition) is 3. The summed E-state index contributed by atoms with van der Waals surface area (Å²) in [5.41, 5.74) is 2.71. The molecule has 0 radical (unpaired) electrons. The van der Waals surface area contributed by atoms with Crippen molar-refractivity contribution in [2.45, 2.75) is 29.9 Å². The van der Waals surface area contributed by atoms with Crippen molar-refractivity contribution in [1.82, 2.24) is 4.72 Å². The number of ether oxygens (including phenoxy) is 1. The molecule has 0 aromatic heterocycles. The third kappa shape index (κ3) is 3.61. The summed E-state index contributed by atoms with van der Waals surface area (Å²) in [5.74, 6) is 0. The van der Waals surface area contributed by atoms with Gasteiger partial charge in [-0.1, -0.05) is 78.4 Å². The van der Waals surface area contributed by atoms with Gasteiger partial charge in [0, 0.05) is 6.54 Å². The summed E-state index contributed by atoms with van der Waals surface area (Å²) in [7, 11) is -3.52. The fraction of sp³-hybridized carbons (Fsp3) is 0.217. The molecule has 3 aromatic rings. The van der Waals surface area contributed by atoms with Crippen LogP contribution in [0.2, 0.25) is 0 Å². The van der Waals surface area contributed by atoms with E-state index in [-0.39, 0.29) is 11.0 Å². The van der Waals surface area contributed by atoms with Crippen LogP contribution in [-0.4, -0.2) is 21.1 Å². The minimum atomic E-state index is -3.52. The van der Waals surface area contributed by atoms with Crippen LogP contribution in [0.15, 0.2) is 89.8 Å². The van der Waals surface area contributed by atoms with E-state index < -0.39 is 15.6 Å². The van der Waals surface area contributed by atoms with Gasteiger partial charge in [0.15, 0.2) is 0 Å². The summed E-state index contributed by atoms with van der Waals surface area (Å²) in [6.07, 6.45) is 0.521. The maximum atomic E-state index is 12.5. The van der Waals surface area contributed by atoms with Crippen LogP contribution in [0.1, 0.15) is 23.1 Å². The molecule has 1 atom stereocenters. The van der Waals surface area contributed by atoms with Crippen LogP contribution in [0.25, 0.3) is 0 Å². The van der Waals surface area contributed by atoms with Crippen molar-refractivity contribution in [2.75, 3.05) is 6.54 Å². The molecule has 1 aliphatic heterocycles. The van der Waals surface area contributed by atoms with Gasteiger partial charge in [-0.05, 0) is 36.6 Å². The summed E-state index contributed by atoms with van der Waals surface area (Å²) in [5, 5.41) is 0. The van der Waals surface area contributed by atoms with E-state index in [9.17, 15) is 8.42 Å². The number of rotatable bonds is 7. The van der Waals surface area contributed by atoms with E-state index in [4.69, 9.17) is 4.74 Å². The van der Waals surface area contributed by atoms with Gasteiger partial charge < -0.3 is 4.74 Å². The number of benzene rings is 3. The maximum Gasteiger partial charge on any atom is 0.240 e. The first kappa shape index (κ1) is 18.9. The molecule has 0 aliphatic carbocycles. The lowest BCUT2D eigenvalue weighted by molar-refractivity contribution is 0.323. The quantitative estimate of drug-likeness (QED) is 0.617. The molecule has 5 heteroatoms. The van der Waals surface area contributed by atoms with Crippen molar-refractivity contribution in [3.8, 4) is 0 Å². The molecule has 4 rings (SSSR count). The fourth-order valence-electron chi connectivity index (χ4n) is 3.62. The Hall–Kier alpha value is -2.47. The zero-order valence-electron chi connectivity index (χ0n) is 15.7. The average Bonchev–Trinajstić information content (AvgIpc) is 3.45. The highest BCUT2D eigenvalue weighted by atomic mass is 32.2. The predicted octanol–water partition coefficient (Wildman–Crippen LogP) is 4.01. The second kappa shape index (κ2) is 7.51. The van der Waals surface area contributed by atoms with Crippen molar-refractivity contribution in [3.05, 3.63) is 102 Å². The number of hydrogen-bond donors (Lipinski definition) is 1. The molecule has 1 saturated heterocycles. The molecule has 1 N–H and O–H groups in total. The van der Waals surface area contributed by atoms with Gasteiger partial charge >= 0.3 is 0 Å². The number of sulfonamides is 1. The SMILES string of the molecule is Cc1ccc(S(=O)(=O)NCCC2OC2(c2ccccc2)c2ccccc2)cc1. The second-order valence-corrected chi connectivity index (χ2v) is 8.84. The molecule has 1 fully saturated rings. The summed E-state index contributed by atoms with van der Waals surface area (Å²) >= 11 is 0. The van der Waals surface area contributed by atoms with Gasteiger partial charge in [0.05, 0.1) is 11.0 Å². The van der Waals surface area contributed by atoms with Crippen LogP contribution in [0.4, 0.5) is 0 Å². The first-order chi connectivity index (χ1) is 13.5. The molecule has 0 amide bonds. The van der Waals surface area contributed by atoms with E-state index in [1.165, 1.54) is 0 Å². The van der Waals surface area contributed by atoms with E-state index in [1.54, 1.807) is 24.3 Å². The minimum absolute atomic E-state index is 0.0713. The smallest absolute Gasteiger partial charge is 0.240 e. The van der Waals surface area contributed by atoms with E-state index in [0.29, 0.717) is 13.0 Å². The van der Waals surface area contributed by atoms with E-state index in [2.05, 4.69) is 29.0 Å². The molecular weight excluding hydrogens is 370 g/mol. The van der Waals surface area contributed by atoms with Gasteiger partial charge in [-0.25, -0.2) is 13.1 Å². The summed E-state index contributed by atoms with van der Waals surface area (Å²) in [6, 6.07) is 27.1. The highest BCUT2D eigenvalue weighted by Crippen LogP contribution is 2.52. The Morgan fingerprint density at radius 1 is 0.857 bits per heavy atom. The van der Waals surface area contributed by atoms with Gasteiger partial charge in [0.25, 0.3) is 0 Å². The standard InChI is InChI=1S/C23H23NO3S/c1-18-12-14-21(15-13-18)28(25,26)24-17-16-22-23(27-22,19-8-4-2-5-9-19)20-10-6-3-7-11-20/h2-15,22,24H,16-17H2,1H3. The Bertz CT molecular complexity index is 993. The first-order valence-corrected chi connectivity index (χ1v) is 10.9. The summed E-state index contributed by atoms with van der Waals surface area (Å²) in [4.78, 5) is 0.284. The number of aryl methyl sites for hydroxylation is 1. The van der Waals surface area contributed by atoms with Crippen LogP contribution in [0.3, 0.4) is 0 Å². The second-order valence-electron chi connectivity index (χ2n) is 7.07. The summed E-state index contributed by atoms with van der Waals surface area (Å²) in [6.45, 7) is 2.25. The molecular formula is C23H23NO3S. The molecule has 0 saturated carbocycles. The molecule has 3 aromatic carbocycles. The molecule has 28 heavy (non-hydrogen) atoms. The Balaban J connectivity index is 1.48. The predicted molar refractivity (Wildman–Crippen MR) is 110 cm³/mol. The molecule has 1 aliphatic rings. The van der Waals surface area contributed by atoms with Crippen LogP contribution in [-0.2, 0) is 20.4 Å². The van der Waals surface area contributed by atoms with Crippen molar-refractivity contribution in [2.24, 2.45) is 0 Å². The Morgan fingerprint density at radius 3 is 1.93 bits per heavy atom. The monoisotopic (exact) mass is 393 g/mol. The Morgan fingerprint density at radius 2 is 1.39 bits per heavy atom. The lowest BCUT2D eigenvalue weighted by Gasteiger charge is -2.14. The molecule has 4 nitrogen and oxygen atoms in total. The lowest BCUT2D eigenvalue weighted by atomic mass is 9.87. The third-order valence-electron chi connectivity index (χ3n) is 5.16. The van der Waals surface area contributed by atoms with Crippen LogP contribution in [0.5, 0.6) is 0 Å². The van der Waals surface area contributed by atoms with Gasteiger partial charge in [-0.2, -0.15) is 0 Å². The average molecular weight is 394 g/mol. The molecule has 144 valence electrons. The molecule has 1 heterocycles. The van der Waals surface area contributed by atoms with Gasteiger partial charge in [0.1, 0.15) is 5.60 Å². The topological polar surface area (TPSA) is 58.7 Å². The maximum absolute atomic E-state index is 12.5. The van der Waals surface area contributed by atoms with Crippen molar-refractivity contribution in [3.63, 3.8) is 0 Å². The lowest BCUT2D eigenvalue weighted by Crippen LogP contribution is -2.27. The van der Waals surface area contributed by atoms with Gasteiger partial charge in [-0.15, -0.1) is 0 Å². The molecule has 0 bridgehead atoms. The van der Waals surface area contributed by atoms with Crippen molar-refractivity contribution in [1.29, 1.82) is 0 Å². The molecule has 1 unspecified atom stereocenters. The van der Waals surface area contributed by atoms with Gasteiger partial charge in [0.2, 0.25) is 10.0 Å². The highest BCUT2D eigenvalue weighted by Gasteiger charge is 2.58. The largest absolute Gasteiger partial charge is 0.356 e. The van der Waals surface area contributed by atoms with Crippen molar-refractivity contribution >= 4 is 10.0 Å². The summed E-state index contributed by atoms with van der Waals surface area (Å²) < 4.78 is 33.9. The Labute approximate surface area is 166 Å². The minimum Gasteiger partial charge on any atom is -0.356 e. The number of epoxide rings is 1. The van der Waals surface area contributed by atoms with E-state index in [0.717, 1.165) is 16.7 Å². The fourth-order valence-corrected chi connectivity index (χ4v) is 4.67. The molecule has 0 spiro atoms. The first-order valence-electron chi connectivity index (χ1n) is 9.37. The third-order valence-corrected chi connectivity index (χ3v) is 6.64. The van der Waals surface area contributed by atoms with E-state index in [1.807, 2.05) is 43.3 Å². The van der Waals surface area contributed by atoms with Gasteiger partial charge in [-0.3, -0.25) is 0 Å².